The lowest BCUT2D eigenvalue weighted by Gasteiger charge is -2.14. The van der Waals surface area contributed by atoms with E-state index in [9.17, 15) is 4.79 Å². The van der Waals surface area contributed by atoms with Crippen molar-refractivity contribution in [1.29, 1.82) is 0 Å². The summed E-state index contributed by atoms with van der Waals surface area (Å²) in [4.78, 5) is 18.3. The predicted octanol–water partition coefficient (Wildman–Crippen LogP) is 6.54. The quantitative estimate of drug-likeness (QED) is 0.269. The molecule has 29 heavy (non-hydrogen) atoms. The maximum Gasteiger partial charge on any atom is 0.266 e. The number of benzene rings is 3. The highest BCUT2D eigenvalue weighted by Gasteiger charge is 2.13. The van der Waals surface area contributed by atoms with Gasteiger partial charge in [0.2, 0.25) is 0 Å². The van der Waals surface area contributed by atoms with Gasteiger partial charge in [0.05, 0.1) is 16.6 Å². The molecule has 0 radical (unpaired) electrons. The SMILES string of the molecule is Cc1ccc(-n2c(/C=C/c3ccc(Br)cc3)nc3ccc(I)cc3c2=O)c(C)c1. The molecule has 0 N–H and O–H groups in total. The first-order valence-electron chi connectivity index (χ1n) is 9.16. The number of hydrogen-bond acceptors (Lipinski definition) is 2. The summed E-state index contributed by atoms with van der Waals surface area (Å²) < 4.78 is 3.75. The topological polar surface area (TPSA) is 34.9 Å². The number of fused-ring (bicyclic) bond motifs is 1. The monoisotopic (exact) mass is 556 g/mol. The Kier molecular flexibility index (Phi) is 5.69. The molecule has 0 amide bonds. The van der Waals surface area contributed by atoms with Gasteiger partial charge in [-0.1, -0.05) is 51.8 Å². The van der Waals surface area contributed by atoms with E-state index in [0.29, 0.717) is 16.7 Å². The third-order valence-corrected chi connectivity index (χ3v) is 5.94. The Morgan fingerprint density at radius 2 is 1.72 bits per heavy atom. The van der Waals surface area contributed by atoms with Crippen molar-refractivity contribution in [3.63, 3.8) is 0 Å². The van der Waals surface area contributed by atoms with Crippen molar-refractivity contribution in [2.45, 2.75) is 13.8 Å². The number of hydrogen-bond donors (Lipinski definition) is 0. The Hall–Kier alpha value is -2.25. The van der Waals surface area contributed by atoms with Gasteiger partial charge in [-0.2, -0.15) is 0 Å². The normalized spacial score (nSPS) is 11.4. The fraction of sp³-hybridized carbons (Fsp3) is 0.0833. The molecule has 1 aromatic heterocycles. The third-order valence-electron chi connectivity index (χ3n) is 4.74. The number of nitrogens with zero attached hydrogens (tertiary/aromatic N) is 2. The van der Waals surface area contributed by atoms with E-state index in [1.165, 1.54) is 0 Å². The molecule has 0 unspecified atom stereocenters. The third kappa shape index (κ3) is 4.21. The number of aromatic nitrogens is 2. The van der Waals surface area contributed by atoms with Gasteiger partial charge in [0.1, 0.15) is 5.82 Å². The summed E-state index contributed by atoms with van der Waals surface area (Å²) in [6, 6.07) is 19.9. The highest BCUT2D eigenvalue weighted by molar-refractivity contribution is 14.1. The molecule has 0 aliphatic carbocycles. The van der Waals surface area contributed by atoms with E-state index in [0.717, 1.165) is 30.4 Å². The molecule has 144 valence electrons. The summed E-state index contributed by atoms with van der Waals surface area (Å²) in [6.07, 6.45) is 3.88. The van der Waals surface area contributed by atoms with Crippen LogP contribution in [0, 0.1) is 17.4 Å². The lowest BCUT2D eigenvalue weighted by Crippen LogP contribution is -2.23. The van der Waals surface area contributed by atoms with Crippen molar-refractivity contribution in [1.82, 2.24) is 9.55 Å². The molecule has 0 saturated carbocycles. The number of rotatable bonds is 3. The minimum absolute atomic E-state index is 0.0593. The molecule has 3 nitrogen and oxygen atoms in total. The zero-order chi connectivity index (χ0) is 20.5. The summed E-state index contributed by atoms with van der Waals surface area (Å²) in [5.41, 5.74) is 4.73. The second-order valence-corrected chi connectivity index (χ2v) is 9.11. The number of halogens is 2. The molecular weight excluding hydrogens is 539 g/mol. The minimum atomic E-state index is -0.0593. The van der Waals surface area contributed by atoms with E-state index in [2.05, 4.69) is 51.5 Å². The van der Waals surface area contributed by atoms with Crippen LogP contribution in [-0.4, -0.2) is 9.55 Å². The van der Waals surface area contributed by atoms with Crippen LogP contribution in [0.1, 0.15) is 22.5 Å². The van der Waals surface area contributed by atoms with Crippen molar-refractivity contribution in [2.24, 2.45) is 0 Å². The lowest BCUT2D eigenvalue weighted by atomic mass is 10.1. The molecule has 0 saturated heterocycles. The fourth-order valence-electron chi connectivity index (χ4n) is 3.32. The van der Waals surface area contributed by atoms with E-state index in [1.54, 1.807) is 4.57 Å². The van der Waals surface area contributed by atoms with E-state index in [-0.39, 0.29) is 5.56 Å². The van der Waals surface area contributed by atoms with Gasteiger partial charge < -0.3 is 0 Å². The van der Waals surface area contributed by atoms with E-state index in [4.69, 9.17) is 4.98 Å². The average Bonchev–Trinajstić information content (AvgIpc) is 2.69. The van der Waals surface area contributed by atoms with E-state index in [1.807, 2.05) is 73.7 Å². The summed E-state index contributed by atoms with van der Waals surface area (Å²) in [5, 5.41) is 0.623. The van der Waals surface area contributed by atoms with Crippen LogP contribution in [0.25, 0.3) is 28.7 Å². The molecule has 0 spiro atoms. The maximum absolute atomic E-state index is 13.5. The van der Waals surface area contributed by atoms with Gasteiger partial charge in [0.25, 0.3) is 5.56 Å². The Balaban J connectivity index is 1.97. The lowest BCUT2D eigenvalue weighted by molar-refractivity contribution is 0.933. The van der Waals surface area contributed by atoms with Gasteiger partial charge >= 0.3 is 0 Å². The summed E-state index contributed by atoms with van der Waals surface area (Å²) in [5.74, 6) is 0.610. The first kappa shape index (κ1) is 20.0. The van der Waals surface area contributed by atoms with Crippen LogP contribution >= 0.6 is 38.5 Å². The van der Waals surface area contributed by atoms with Crippen LogP contribution in [0.5, 0.6) is 0 Å². The molecule has 5 heteroatoms. The Morgan fingerprint density at radius 1 is 0.966 bits per heavy atom. The molecule has 0 aliphatic heterocycles. The van der Waals surface area contributed by atoms with Crippen LogP contribution in [0.15, 0.2) is 69.9 Å². The van der Waals surface area contributed by atoms with E-state index < -0.39 is 0 Å². The van der Waals surface area contributed by atoms with Gasteiger partial charge in [-0.3, -0.25) is 9.36 Å². The van der Waals surface area contributed by atoms with Gasteiger partial charge in [0, 0.05) is 8.04 Å². The largest absolute Gasteiger partial charge is 0.268 e. The zero-order valence-electron chi connectivity index (χ0n) is 16.0. The molecule has 1 heterocycles. The average molecular weight is 557 g/mol. The van der Waals surface area contributed by atoms with Crippen molar-refractivity contribution < 1.29 is 0 Å². The standard InChI is InChI=1S/C24H18BrIN2O/c1-15-3-11-22(16(2)13-15)28-23(12-6-17-4-7-18(25)8-5-17)27-21-10-9-19(26)14-20(21)24(28)29/h3-14H,1-2H3/b12-6+. The van der Waals surface area contributed by atoms with Crippen molar-refractivity contribution in [3.8, 4) is 5.69 Å². The van der Waals surface area contributed by atoms with Gasteiger partial charge in [-0.25, -0.2) is 4.98 Å². The Labute approximate surface area is 191 Å². The minimum Gasteiger partial charge on any atom is -0.268 e. The molecule has 4 aromatic rings. The summed E-state index contributed by atoms with van der Waals surface area (Å²) in [6.45, 7) is 4.07. The first-order valence-corrected chi connectivity index (χ1v) is 11.0. The van der Waals surface area contributed by atoms with Crippen LogP contribution in [0.3, 0.4) is 0 Å². The maximum atomic E-state index is 13.5. The first-order chi connectivity index (χ1) is 13.9. The summed E-state index contributed by atoms with van der Waals surface area (Å²) >= 11 is 5.68. The van der Waals surface area contributed by atoms with Gasteiger partial charge in [0.15, 0.2) is 0 Å². The second-order valence-electron chi connectivity index (χ2n) is 6.95. The van der Waals surface area contributed by atoms with Crippen LogP contribution in [0.2, 0.25) is 0 Å². The molecule has 4 rings (SSSR count). The van der Waals surface area contributed by atoms with Gasteiger partial charge in [-0.15, -0.1) is 0 Å². The van der Waals surface area contributed by atoms with Crippen molar-refractivity contribution in [2.75, 3.05) is 0 Å². The highest BCUT2D eigenvalue weighted by atomic mass is 127. The second kappa shape index (κ2) is 8.24. The smallest absolute Gasteiger partial charge is 0.266 e. The Morgan fingerprint density at radius 3 is 2.45 bits per heavy atom. The predicted molar refractivity (Wildman–Crippen MR) is 133 cm³/mol. The zero-order valence-corrected chi connectivity index (χ0v) is 19.7. The molecule has 0 atom stereocenters. The molecule has 3 aromatic carbocycles. The van der Waals surface area contributed by atoms with Crippen LogP contribution in [0.4, 0.5) is 0 Å². The van der Waals surface area contributed by atoms with Gasteiger partial charge in [-0.05, 0) is 90.0 Å². The highest BCUT2D eigenvalue weighted by Crippen LogP contribution is 2.21. The Bertz CT molecular complexity index is 1310. The molecular formula is C24H18BrIN2O. The van der Waals surface area contributed by atoms with Crippen molar-refractivity contribution in [3.05, 3.63) is 102 Å². The molecule has 0 fully saturated rings. The van der Waals surface area contributed by atoms with E-state index >= 15 is 0 Å². The number of aryl methyl sites for hydroxylation is 2. The summed E-state index contributed by atoms with van der Waals surface area (Å²) in [7, 11) is 0. The molecule has 0 bridgehead atoms. The molecule has 0 aliphatic rings. The fourth-order valence-corrected chi connectivity index (χ4v) is 4.08. The van der Waals surface area contributed by atoms with Crippen molar-refractivity contribution >= 4 is 61.6 Å². The van der Waals surface area contributed by atoms with Crippen LogP contribution in [-0.2, 0) is 0 Å². The van der Waals surface area contributed by atoms with Crippen LogP contribution < -0.4 is 5.56 Å².